The van der Waals surface area contributed by atoms with E-state index in [0.717, 1.165) is 102 Å². The molecule has 0 aliphatic heterocycles. The number of hydrogen-bond acceptors (Lipinski definition) is 8. The summed E-state index contributed by atoms with van der Waals surface area (Å²) < 4.78 is 57.3. The van der Waals surface area contributed by atoms with E-state index in [9.17, 15) is 16.8 Å². The monoisotopic (exact) mass is 1250 g/mol. The minimum Gasteiger partial charge on any atom is -0.346 e. The minimum absolute atomic E-state index is 0.0291. The number of benzene rings is 6. The Bertz CT molecular complexity index is 4240. The zero-order valence-electron chi connectivity index (χ0n) is 42.3. The van der Waals surface area contributed by atoms with Gasteiger partial charge < -0.3 is 4.98 Å². The number of fused-ring (bicyclic) bond motifs is 3. The summed E-state index contributed by atoms with van der Waals surface area (Å²) in [5.41, 5.74) is 15.8. The highest BCUT2D eigenvalue weighted by molar-refractivity contribution is 9.11. The summed E-state index contributed by atoms with van der Waals surface area (Å²) in [6.07, 6.45) is 3.52. The third-order valence-electron chi connectivity index (χ3n) is 13.0. The van der Waals surface area contributed by atoms with Crippen LogP contribution in [0, 0.1) is 46.2 Å². The quantitative estimate of drug-likeness (QED) is 0.127. The van der Waals surface area contributed by atoms with Crippen molar-refractivity contribution < 1.29 is 16.8 Å². The maximum Gasteiger partial charge on any atom is 0.257 e. The number of sulfonamides is 2. The van der Waals surface area contributed by atoms with Crippen LogP contribution in [0.15, 0.2) is 153 Å². The van der Waals surface area contributed by atoms with E-state index in [0.29, 0.717) is 25.7 Å². The fourth-order valence-electron chi connectivity index (χ4n) is 9.35. The lowest BCUT2D eigenvalue weighted by atomic mass is 9.89. The minimum atomic E-state index is -3.73. The second-order valence-electron chi connectivity index (χ2n) is 17.8. The standard InChI is InChI=1S/C23H20ClN3O2S.C18H16BrClN2O2S.C17H13BrClNS/c1-14-12-20-23(15(2)22(14)16-8-10-26-11-9-16)18(17-6-4-5-7-19(17)24)13-21(27-20)30(28,29)25-3;1-10-8-15-17(11(2)18(10)19)13(12-6-4-5-7-14(12)20)9-16(22-15)25(23,24)21-3;1-9-7-14-16(10(2)17(9)18)12(8-15(21)20-14)11-5-3-4-6-13(11)19/h4-13,25H,1-3H3;4-9,21H,1-3H3;3-8H,1-2H3,(H,20,21). The van der Waals surface area contributed by atoms with Crippen molar-refractivity contribution in [2.24, 2.45) is 0 Å². The number of aromatic nitrogens is 4. The first-order valence-corrected chi connectivity index (χ1v) is 29.6. The molecule has 6 aromatic carbocycles. The van der Waals surface area contributed by atoms with Gasteiger partial charge in [-0.15, -0.1) is 0 Å². The van der Waals surface area contributed by atoms with Crippen LogP contribution in [0.3, 0.4) is 0 Å². The Kier molecular flexibility index (Phi) is 17.4. The molecular weight excluding hydrogens is 1210 g/mol. The van der Waals surface area contributed by atoms with Crippen LogP contribution in [0.2, 0.25) is 15.1 Å². The Labute approximate surface area is 479 Å². The van der Waals surface area contributed by atoms with Crippen molar-refractivity contribution in [3.05, 3.63) is 196 Å². The van der Waals surface area contributed by atoms with Gasteiger partial charge in [0, 0.05) is 74.8 Å². The molecule has 0 saturated carbocycles. The Hall–Kier alpha value is -5.43. The molecule has 0 amide bonds. The number of H-pyrrole nitrogens is 1. The highest BCUT2D eigenvalue weighted by Crippen LogP contribution is 2.43. The van der Waals surface area contributed by atoms with Gasteiger partial charge in [-0.1, -0.05) is 133 Å². The molecule has 4 aromatic heterocycles. The van der Waals surface area contributed by atoms with Gasteiger partial charge in [0.25, 0.3) is 20.0 Å². The SMILES string of the molecule is CNS(=O)(=O)c1cc(-c2ccccc2Cl)c2c(C)c(-c3ccncc3)c(C)cc2n1.CNS(=O)(=O)c1cc(-c2ccccc2Cl)c2c(C)c(Br)c(C)cc2n1.Cc1cc2[nH]c(=S)cc(-c3ccccc3Cl)c2c(C)c1Br. The highest BCUT2D eigenvalue weighted by atomic mass is 79.9. The maximum atomic E-state index is 12.6. The van der Waals surface area contributed by atoms with Gasteiger partial charge >= 0.3 is 0 Å². The van der Waals surface area contributed by atoms with Crippen LogP contribution in [-0.2, 0) is 20.0 Å². The van der Waals surface area contributed by atoms with Crippen molar-refractivity contribution >= 4 is 132 Å². The predicted octanol–water partition coefficient (Wildman–Crippen LogP) is 16.6. The number of nitrogens with zero attached hydrogens (tertiary/aromatic N) is 3. The van der Waals surface area contributed by atoms with E-state index >= 15 is 0 Å². The summed E-state index contributed by atoms with van der Waals surface area (Å²) in [6, 6.07) is 37.6. The molecule has 4 heterocycles. The number of aryl methyl sites for hydroxylation is 6. The number of hydrogen-bond donors (Lipinski definition) is 3. The van der Waals surface area contributed by atoms with E-state index in [4.69, 9.17) is 47.0 Å². The summed E-state index contributed by atoms with van der Waals surface area (Å²) in [6.45, 7) is 12.1. The molecule has 388 valence electrons. The molecule has 0 aliphatic carbocycles. The number of halogens is 5. The lowest BCUT2D eigenvalue weighted by Crippen LogP contribution is -2.20. The molecule has 10 nitrogen and oxygen atoms in total. The predicted molar refractivity (Wildman–Crippen MR) is 324 cm³/mol. The highest BCUT2D eigenvalue weighted by Gasteiger charge is 2.24. The fourth-order valence-corrected chi connectivity index (χ4v) is 12.3. The molecule has 0 spiro atoms. The summed E-state index contributed by atoms with van der Waals surface area (Å²) in [5.74, 6) is 0. The van der Waals surface area contributed by atoms with Gasteiger partial charge in [0.2, 0.25) is 0 Å². The van der Waals surface area contributed by atoms with E-state index in [1.165, 1.54) is 25.2 Å². The van der Waals surface area contributed by atoms with Crippen LogP contribution < -0.4 is 9.44 Å². The molecule has 0 fully saturated rings. The van der Waals surface area contributed by atoms with Crippen LogP contribution in [-0.4, -0.2) is 50.9 Å². The third kappa shape index (κ3) is 11.4. The van der Waals surface area contributed by atoms with Gasteiger partial charge in [-0.05, 0) is 184 Å². The van der Waals surface area contributed by atoms with E-state index in [-0.39, 0.29) is 10.1 Å². The lowest BCUT2D eigenvalue weighted by molar-refractivity contribution is 0.583. The Balaban J connectivity index is 0.000000154. The van der Waals surface area contributed by atoms with Gasteiger partial charge in [-0.3, -0.25) is 4.98 Å². The van der Waals surface area contributed by atoms with E-state index < -0.39 is 20.0 Å². The molecule has 18 heteroatoms. The summed E-state index contributed by atoms with van der Waals surface area (Å²) in [4.78, 5) is 16.3. The molecule has 0 bridgehead atoms. The van der Waals surface area contributed by atoms with Gasteiger partial charge in [-0.25, -0.2) is 36.2 Å². The van der Waals surface area contributed by atoms with Gasteiger partial charge in [0.05, 0.1) is 11.0 Å². The molecule has 76 heavy (non-hydrogen) atoms. The molecule has 0 atom stereocenters. The summed E-state index contributed by atoms with van der Waals surface area (Å²) in [5, 5.41) is 4.66. The van der Waals surface area contributed by atoms with Crippen LogP contribution in [0.4, 0.5) is 0 Å². The zero-order valence-corrected chi connectivity index (χ0v) is 50.2. The van der Waals surface area contributed by atoms with Crippen molar-refractivity contribution in [2.45, 2.75) is 51.6 Å². The number of aromatic amines is 1. The Morgan fingerprint density at radius 3 is 1.34 bits per heavy atom. The molecule has 10 rings (SSSR count). The second kappa shape index (κ2) is 23.3. The van der Waals surface area contributed by atoms with Gasteiger partial charge in [-0.2, -0.15) is 0 Å². The number of nitrogens with one attached hydrogen (secondary N) is 3. The van der Waals surface area contributed by atoms with Crippen molar-refractivity contribution in [2.75, 3.05) is 14.1 Å². The Morgan fingerprint density at radius 1 is 0.500 bits per heavy atom. The summed E-state index contributed by atoms with van der Waals surface area (Å²) in [7, 11) is -4.67. The molecule has 10 aromatic rings. The Morgan fingerprint density at radius 2 is 0.895 bits per heavy atom. The van der Waals surface area contributed by atoms with Crippen LogP contribution in [0.1, 0.15) is 33.4 Å². The smallest absolute Gasteiger partial charge is 0.257 e. The third-order valence-corrected chi connectivity index (χ3v) is 19.2. The first kappa shape index (κ1) is 56.8. The van der Waals surface area contributed by atoms with Crippen LogP contribution in [0.25, 0.3) is 77.2 Å². The summed E-state index contributed by atoms with van der Waals surface area (Å²) >= 11 is 31.9. The average Bonchev–Trinajstić information content (AvgIpc) is 3.41. The average molecular weight is 1260 g/mol. The maximum absolute atomic E-state index is 12.6. The van der Waals surface area contributed by atoms with Crippen molar-refractivity contribution in [1.82, 2.24) is 29.4 Å². The first-order valence-electron chi connectivity index (χ1n) is 23.5. The molecule has 0 aliphatic rings. The largest absolute Gasteiger partial charge is 0.346 e. The molecule has 3 N–H and O–H groups in total. The molecular formula is C58H49Br2Cl3N6O4S3. The normalized spacial score (nSPS) is 11.6. The lowest BCUT2D eigenvalue weighted by Gasteiger charge is -2.18. The topological polar surface area (TPSA) is 147 Å². The first-order chi connectivity index (χ1) is 36.1. The van der Waals surface area contributed by atoms with E-state index in [1.54, 1.807) is 36.7 Å². The van der Waals surface area contributed by atoms with Gasteiger partial charge in [0.15, 0.2) is 10.1 Å². The van der Waals surface area contributed by atoms with Crippen molar-refractivity contribution in [1.29, 1.82) is 0 Å². The fraction of sp³-hybridized carbons (Fsp3) is 0.138. The zero-order chi connectivity index (χ0) is 55.0. The molecule has 0 unspecified atom stereocenters. The molecule has 0 radical (unpaired) electrons. The number of pyridine rings is 4. The van der Waals surface area contributed by atoms with Gasteiger partial charge in [0.1, 0.15) is 4.64 Å². The van der Waals surface area contributed by atoms with E-state index in [1.807, 2.05) is 119 Å². The molecule has 0 saturated heterocycles. The second-order valence-corrected chi connectivity index (χ2v) is 24.7. The van der Waals surface area contributed by atoms with Crippen molar-refractivity contribution in [3.8, 4) is 44.5 Å². The van der Waals surface area contributed by atoms with Crippen LogP contribution >= 0.6 is 78.9 Å². The van der Waals surface area contributed by atoms with E-state index in [2.05, 4.69) is 81.2 Å². The van der Waals surface area contributed by atoms with Crippen molar-refractivity contribution in [3.63, 3.8) is 0 Å². The van der Waals surface area contributed by atoms with Crippen LogP contribution in [0.5, 0.6) is 0 Å². The number of rotatable bonds is 8.